The van der Waals surface area contributed by atoms with E-state index in [4.69, 9.17) is 11.6 Å². The molecule has 0 bridgehead atoms. The SMILES string of the molecule is CNC(C)c1cccc(-c2ccccc2Cl)c1. The highest BCUT2D eigenvalue weighted by atomic mass is 35.5. The van der Waals surface area contributed by atoms with Gasteiger partial charge in [-0.15, -0.1) is 0 Å². The van der Waals surface area contributed by atoms with E-state index < -0.39 is 0 Å². The molecule has 0 amide bonds. The Kier molecular flexibility index (Phi) is 3.82. The van der Waals surface area contributed by atoms with Gasteiger partial charge in [-0.25, -0.2) is 0 Å². The van der Waals surface area contributed by atoms with Crippen LogP contribution in [0.2, 0.25) is 5.02 Å². The van der Waals surface area contributed by atoms with E-state index in [1.54, 1.807) is 0 Å². The van der Waals surface area contributed by atoms with E-state index >= 15 is 0 Å². The number of halogens is 1. The molecule has 2 heteroatoms. The maximum absolute atomic E-state index is 6.21. The quantitative estimate of drug-likeness (QED) is 0.851. The van der Waals surface area contributed by atoms with Crippen molar-refractivity contribution in [3.63, 3.8) is 0 Å². The van der Waals surface area contributed by atoms with Gasteiger partial charge in [0, 0.05) is 16.6 Å². The Morgan fingerprint density at radius 3 is 2.53 bits per heavy atom. The van der Waals surface area contributed by atoms with Crippen LogP contribution in [0.15, 0.2) is 48.5 Å². The standard InChI is InChI=1S/C15H16ClN/c1-11(17-2)12-6-5-7-13(10-12)14-8-3-4-9-15(14)16/h3-11,17H,1-2H3. The topological polar surface area (TPSA) is 12.0 Å². The third-order valence-electron chi connectivity index (χ3n) is 3.00. The molecular formula is C15H16ClN. The van der Waals surface area contributed by atoms with Gasteiger partial charge >= 0.3 is 0 Å². The first-order valence-electron chi connectivity index (χ1n) is 5.74. The minimum absolute atomic E-state index is 0.345. The van der Waals surface area contributed by atoms with Gasteiger partial charge in [0.05, 0.1) is 0 Å². The zero-order chi connectivity index (χ0) is 12.3. The number of hydrogen-bond donors (Lipinski definition) is 1. The molecule has 0 saturated heterocycles. The van der Waals surface area contributed by atoms with Gasteiger partial charge in [0.15, 0.2) is 0 Å². The maximum atomic E-state index is 6.21. The van der Waals surface area contributed by atoms with Crippen molar-refractivity contribution in [1.82, 2.24) is 5.32 Å². The van der Waals surface area contributed by atoms with Crippen molar-refractivity contribution in [1.29, 1.82) is 0 Å². The molecule has 0 aliphatic rings. The Labute approximate surface area is 107 Å². The van der Waals surface area contributed by atoms with Crippen LogP contribution in [0.25, 0.3) is 11.1 Å². The normalized spacial score (nSPS) is 12.4. The molecule has 17 heavy (non-hydrogen) atoms. The monoisotopic (exact) mass is 245 g/mol. The summed E-state index contributed by atoms with van der Waals surface area (Å²) in [6.07, 6.45) is 0. The average molecular weight is 246 g/mol. The highest BCUT2D eigenvalue weighted by Crippen LogP contribution is 2.29. The molecule has 0 aliphatic carbocycles. The summed E-state index contributed by atoms with van der Waals surface area (Å²) in [5, 5.41) is 4.03. The summed E-state index contributed by atoms with van der Waals surface area (Å²) in [5.41, 5.74) is 3.51. The molecule has 2 aromatic carbocycles. The molecule has 0 heterocycles. The molecule has 0 spiro atoms. The van der Waals surface area contributed by atoms with Gasteiger partial charge < -0.3 is 5.32 Å². The van der Waals surface area contributed by atoms with Crippen molar-refractivity contribution in [2.45, 2.75) is 13.0 Å². The number of rotatable bonds is 3. The van der Waals surface area contributed by atoms with Crippen LogP contribution >= 0.6 is 11.6 Å². The molecule has 0 aliphatic heterocycles. The van der Waals surface area contributed by atoms with Gasteiger partial charge in [-0.2, -0.15) is 0 Å². The highest BCUT2D eigenvalue weighted by Gasteiger charge is 2.06. The van der Waals surface area contributed by atoms with Gasteiger partial charge in [-0.05, 0) is 37.2 Å². The largest absolute Gasteiger partial charge is 0.313 e. The number of benzene rings is 2. The summed E-state index contributed by atoms with van der Waals surface area (Å²) in [5.74, 6) is 0. The van der Waals surface area contributed by atoms with E-state index in [-0.39, 0.29) is 0 Å². The lowest BCUT2D eigenvalue weighted by molar-refractivity contribution is 0.652. The first-order chi connectivity index (χ1) is 8.22. The van der Waals surface area contributed by atoms with Crippen LogP contribution < -0.4 is 5.32 Å². The van der Waals surface area contributed by atoms with Gasteiger partial charge in [-0.1, -0.05) is 48.0 Å². The molecular weight excluding hydrogens is 230 g/mol. The van der Waals surface area contributed by atoms with E-state index in [9.17, 15) is 0 Å². The highest BCUT2D eigenvalue weighted by molar-refractivity contribution is 6.33. The third-order valence-corrected chi connectivity index (χ3v) is 3.33. The average Bonchev–Trinajstić information content (AvgIpc) is 2.38. The molecule has 1 unspecified atom stereocenters. The van der Waals surface area contributed by atoms with Crippen LogP contribution in [0.4, 0.5) is 0 Å². The minimum Gasteiger partial charge on any atom is -0.313 e. The molecule has 2 aromatic rings. The van der Waals surface area contributed by atoms with Crippen LogP contribution in [0.5, 0.6) is 0 Å². The van der Waals surface area contributed by atoms with Crippen LogP contribution in [0.1, 0.15) is 18.5 Å². The fourth-order valence-corrected chi connectivity index (χ4v) is 2.08. The molecule has 0 radical (unpaired) electrons. The molecule has 1 nitrogen and oxygen atoms in total. The van der Waals surface area contributed by atoms with E-state index in [1.807, 2.05) is 31.3 Å². The Balaban J connectivity index is 2.43. The van der Waals surface area contributed by atoms with Gasteiger partial charge in [0.25, 0.3) is 0 Å². The molecule has 88 valence electrons. The van der Waals surface area contributed by atoms with Crippen molar-refractivity contribution in [2.75, 3.05) is 7.05 Å². The van der Waals surface area contributed by atoms with Crippen molar-refractivity contribution >= 4 is 11.6 Å². The van der Waals surface area contributed by atoms with Gasteiger partial charge in [0.1, 0.15) is 0 Å². The van der Waals surface area contributed by atoms with Crippen molar-refractivity contribution in [3.8, 4) is 11.1 Å². The Bertz CT molecular complexity index is 508. The first-order valence-corrected chi connectivity index (χ1v) is 6.12. The molecule has 0 fully saturated rings. The fourth-order valence-electron chi connectivity index (χ4n) is 1.84. The van der Waals surface area contributed by atoms with Gasteiger partial charge in [-0.3, -0.25) is 0 Å². The summed E-state index contributed by atoms with van der Waals surface area (Å²) in [6, 6.07) is 16.7. The minimum atomic E-state index is 0.345. The Morgan fingerprint density at radius 2 is 1.82 bits per heavy atom. The molecule has 1 atom stereocenters. The predicted octanol–water partition coefficient (Wildman–Crippen LogP) is 4.29. The van der Waals surface area contributed by atoms with E-state index in [2.05, 4.69) is 36.5 Å². The van der Waals surface area contributed by atoms with Crippen LogP contribution in [0, 0.1) is 0 Å². The Morgan fingerprint density at radius 1 is 1.06 bits per heavy atom. The van der Waals surface area contributed by atoms with Crippen LogP contribution in [0.3, 0.4) is 0 Å². The molecule has 1 N–H and O–H groups in total. The predicted molar refractivity (Wildman–Crippen MR) is 74.4 cm³/mol. The molecule has 0 saturated carbocycles. The summed E-state index contributed by atoms with van der Waals surface area (Å²) in [4.78, 5) is 0. The Hall–Kier alpha value is -1.31. The summed E-state index contributed by atoms with van der Waals surface area (Å²) in [7, 11) is 1.97. The van der Waals surface area contributed by atoms with Crippen molar-refractivity contribution in [3.05, 3.63) is 59.1 Å². The number of nitrogens with one attached hydrogen (secondary N) is 1. The fraction of sp³-hybridized carbons (Fsp3) is 0.200. The molecule has 0 aromatic heterocycles. The van der Waals surface area contributed by atoms with Crippen molar-refractivity contribution < 1.29 is 0 Å². The second kappa shape index (κ2) is 5.35. The van der Waals surface area contributed by atoms with E-state index in [1.165, 1.54) is 5.56 Å². The zero-order valence-electron chi connectivity index (χ0n) is 10.1. The van der Waals surface area contributed by atoms with Crippen LogP contribution in [-0.4, -0.2) is 7.05 Å². The number of hydrogen-bond acceptors (Lipinski definition) is 1. The summed E-state index contributed by atoms with van der Waals surface area (Å²) < 4.78 is 0. The smallest absolute Gasteiger partial charge is 0.0484 e. The summed E-state index contributed by atoms with van der Waals surface area (Å²) in [6.45, 7) is 2.14. The third kappa shape index (κ3) is 2.68. The lowest BCUT2D eigenvalue weighted by Gasteiger charge is -2.12. The van der Waals surface area contributed by atoms with Crippen molar-refractivity contribution in [2.24, 2.45) is 0 Å². The lowest BCUT2D eigenvalue weighted by atomic mass is 10.0. The van der Waals surface area contributed by atoms with Crippen LogP contribution in [-0.2, 0) is 0 Å². The summed E-state index contributed by atoms with van der Waals surface area (Å²) >= 11 is 6.21. The molecule has 2 rings (SSSR count). The van der Waals surface area contributed by atoms with E-state index in [0.717, 1.165) is 16.1 Å². The van der Waals surface area contributed by atoms with Gasteiger partial charge in [0.2, 0.25) is 0 Å². The maximum Gasteiger partial charge on any atom is 0.0484 e. The second-order valence-corrected chi connectivity index (χ2v) is 4.52. The second-order valence-electron chi connectivity index (χ2n) is 4.12. The lowest BCUT2D eigenvalue weighted by Crippen LogP contribution is -2.12. The zero-order valence-corrected chi connectivity index (χ0v) is 10.8. The van der Waals surface area contributed by atoms with E-state index in [0.29, 0.717) is 6.04 Å². The first kappa shape index (κ1) is 12.2.